The second-order valence-electron chi connectivity index (χ2n) is 4.05. The van der Waals surface area contributed by atoms with E-state index in [0.29, 0.717) is 6.61 Å². The first-order valence-electron chi connectivity index (χ1n) is 5.62. The number of carbonyl (C=O) groups excluding carboxylic acids is 1. The summed E-state index contributed by atoms with van der Waals surface area (Å²) in [7, 11) is 1.36. The molecule has 2 rings (SSSR count). The number of hydrogen-bond acceptors (Lipinski definition) is 4. The normalized spacial score (nSPS) is 25.5. The Bertz CT molecular complexity index is 376. The van der Waals surface area contributed by atoms with Crippen LogP contribution in [-0.4, -0.2) is 26.0 Å². The quantitative estimate of drug-likeness (QED) is 0.752. The predicted octanol–water partition coefficient (Wildman–Crippen LogP) is 1.91. The summed E-state index contributed by atoms with van der Waals surface area (Å²) in [5.74, 6) is -0.725. The monoisotopic (exact) mass is 236 g/mol. The highest BCUT2D eigenvalue weighted by Crippen LogP contribution is 2.29. The summed E-state index contributed by atoms with van der Waals surface area (Å²) in [5, 5.41) is 0. The first-order chi connectivity index (χ1) is 8.22. The van der Waals surface area contributed by atoms with Gasteiger partial charge in [-0.05, 0) is 12.5 Å². The zero-order chi connectivity index (χ0) is 12.3. The molecule has 17 heavy (non-hydrogen) atoms. The summed E-state index contributed by atoms with van der Waals surface area (Å²) in [6.07, 6.45) is -0.624. The second-order valence-corrected chi connectivity index (χ2v) is 4.05. The molecule has 4 nitrogen and oxygen atoms in total. The lowest BCUT2D eigenvalue weighted by Gasteiger charge is -2.16. The Hall–Kier alpha value is -1.39. The van der Waals surface area contributed by atoms with Crippen molar-refractivity contribution in [3.63, 3.8) is 0 Å². The van der Waals surface area contributed by atoms with Crippen LogP contribution in [0.25, 0.3) is 0 Å². The second kappa shape index (κ2) is 5.29. The van der Waals surface area contributed by atoms with Crippen LogP contribution in [0, 0.1) is 5.92 Å². The molecule has 0 spiro atoms. The van der Waals surface area contributed by atoms with Gasteiger partial charge in [0.1, 0.15) is 12.0 Å². The van der Waals surface area contributed by atoms with Gasteiger partial charge in [-0.2, -0.15) is 0 Å². The van der Waals surface area contributed by atoms with Crippen LogP contribution >= 0.6 is 0 Å². The van der Waals surface area contributed by atoms with Crippen molar-refractivity contribution in [3.8, 4) is 0 Å². The number of rotatable bonds is 3. The van der Waals surface area contributed by atoms with E-state index in [-0.39, 0.29) is 12.1 Å². The van der Waals surface area contributed by atoms with E-state index in [1.54, 1.807) is 6.92 Å². The van der Waals surface area contributed by atoms with Gasteiger partial charge in [0.15, 0.2) is 6.29 Å². The van der Waals surface area contributed by atoms with Crippen molar-refractivity contribution in [1.82, 2.24) is 0 Å². The summed E-state index contributed by atoms with van der Waals surface area (Å²) in [4.78, 5) is 11.4. The maximum absolute atomic E-state index is 11.4. The van der Waals surface area contributed by atoms with Gasteiger partial charge in [-0.25, -0.2) is 0 Å². The Morgan fingerprint density at radius 1 is 1.41 bits per heavy atom. The predicted molar refractivity (Wildman–Crippen MR) is 61.2 cm³/mol. The molecule has 0 radical (unpaired) electrons. The summed E-state index contributed by atoms with van der Waals surface area (Å²) in [5.41, 5.74) is 1.06. The number of carbonyl (C=O) groups is 1. The van der Waals surface area contributed by atoms with Crippen LogP contribution in [0.2, 0.25) is 0 Å². The minimum atomic E-state index is -0.521. The van der Waals surface area contributed by atoms with Crippen LogP contribution in [0.5, 0.6) is 0 Å². The molecule has 1 aromatic rings. The molecular formula is C13H16O4. The maximum Gasteiger partial charge on any atom is 0.313 e. The third kappa shape index (κ3) is 2.65. The molecule has 0 bridgehead atoms. The third-order valence-corrected chi connectivity index (χ3v) is 2.86. The summed E-state index contributed by atoms with van der Waals surface area (Å²) in [6.45, 7) is 2.21. The molecule has 1 fully saturated rings. The van der Waals surface area contributed by atoms with E-state index >= 15 is 0 Å². The molecule has 3 unspecified atom stereocenters. The average Bonchev–Trinajstić information content (AvgIpc) is 2.87. The van der Waals surface area contributed by atoms with Gasteiger partial charge in [0.05, 0.1) is 13.7 Å². The van der Waals surface area contributed by atoms with E-state index in [1.807, 2.05) is 30.3 Å². The first kappa shape index (κ1) is 12.1. The standard InChI is InChI=1S/C13H16O4/c1-9(12(14)15-2)13-16-8-11(17-13)10-6-4-3-5-7-10/h3-7,9,11,13H,8H2,1-2H3. The van der Waals surface area contributed by atoms with Crippen LogP contribution in [0.3, 0.4) is 0 Å². The van der Waals surface area contributed by atoms with Gasteiger partial charge < -0.3 is 14.2 Å². The minimum absolute atomic E-state index is 0.103. The molecule has 0 amide bonds. The van der Waals surface area contributed by atoms with Gasteiger partial charge >= 0.3 is 5.97 Å². The third-order valence-electron chi connectivity index (χ3n) is 2.86. The molecule has 3 atom stereocenters. The van der Waals surface area contributed by atoms with Crippen molar-refractivity contribution in [3.05, 3.63) is 35.9 Å². The molecule has 92 valence electrons. The topological polar surface area (TPSA) is 44.8 Å². The van der Waals surface area contributed by atoms with E-state index in [1.165, 1.54) is 7.11 Å². The lowest BCUT2D eigenvalue weighted by atomic mass is 10.1. The lowest BCUT2D eigenvalue weighted by Crippen LogP contribution is -2.27. The molecule has 1 aliphatic rings. The minimum Gasteiger partial charge on any atom is -0.469 e. The van der Waals surface area contributed by atoms with Crippen molar-refractivity contribution in [2.75, 3.05) is 13.7 Å². The average molecular weight is 236 g/mol. The molecule has 0 N–H and O–H groups in total. The van der Waals surface area contributed by atoms with Crippen molar-refractivity contribution in [2.24, 2.45) is 5.92 Å². The Kier molecular flexibility index (Phi) is 3.76. The molecular weight excluding hydrogens is 220 g/mol. The van der Waals surface area contributed by atoms with Crippen LogP contribution in [-0.2, 0) is 19.0 Å². The molecule has 4 heteroatoms. The summed E-state index contributed by atoms with van der Waals surface area (Å²) < 4.78 is 15.9. The SMILES string of the molecule is COC(=O)C(C)C1OCC(c2ccccc2)O1. The smallest absolute Gasteiger partial charge is 0.313 e. The summed E-state index contributed by atoms with van der Waals surface area (Å²) >= 11 is 0. The van der Waals surface area contributed by atoms with Crippen LogP contribution < -0.4 is 0 Å². The zero-order valence-electron chi connectivity index (χ0n) is 9.96. The number of benzene rings is 1. The Morgan fingerprint density at radius 2 is 2.12 bits per heavy atom. The number of methoxy groups -OCH3 is 1. The van der Waals surface area contributed by atoms with Gasteiger partial charge in [-0.1, -0.05) is 30.3 Å². The maximum atomic E-state index is 11.4. The van der Waals surface area contributed by atoms with Gasteiger partial charge in [-0.3, -0.25) is 4.79 Å². The Labute approximate surface area is 100 Å². The molecule has 0 saturated carbocycles. The molecule has 0 aliphatic carbocycles. The first-order valence-corrected chi connectivity index (χ1v) is 5.62. The largest absolute Gasteiger partial charge is 0.469 e. The fourth-order valence-corrected chi connectivity index (χ4v) is 1.82. The van der Waals surface area contributed by atoms with Crippen molar-refractivity contribution < 1.29 is 19.0 Å². The Morgan fingerprint density at radius 3 is 2.76 bits per heavy atom. The van der Waals surface area contributed by atoms with E-state index in [4.69, 9.17) is 9.47 Å². The number of esters is 1. The van der Waals surface area contributed by atoms with Crippen molar-refractivity contribution in [1.29, 1.82) is 0 Å². The molecule has 1 aromatic carbocycles. The van der Waals surface area contributed by atoms with E-state index < -0.39 is 12.2 Å². The number of hydrogen-bond donors (Lipinski definition) is 0. The number of ether oxygens (including phenoxy) is 3. The fourth-order valence-electron chi connectivity index (χ4n) is 1.82. The van der Waals surface area contributed by atoms with Crippen molar-refractivity contribution in [2.45, 2.75) is 19.3 Å². The van der Waals surface area contributed by atoms with E-state index in [2.05, 4.69) is 4.74 Å². The van der Waals surface area contributed by atoms with Gasteiger partial charge in [-0.15, -0.1) is 0 Å². The zero-order valence-corrected chi connectivity index (χ0v) is 9.96. The fraction of sp³-hybridized carbons (Fsp3) is 0.462. The highest BCUT2D eigenvalue weighted by Gasteiger charge is 2.35. The molecule has 1 saturated heterocycles. The van der Waals surface area contributed by atoms with Gasteiger partial charge in [0.2, 0.25) is 0 Å². The van der Waals surface area contributed by atoms with Crippen molar-refractivity contribution >= 4 is 5.97 Å². The molecule has 1 heterocycles. The Balaban J connectivity index is 1.98. The van der Waals surface area contributed by atoms with E-state index in [0.717, 1.165) is 5.56 Å². The van der Waals surface area contributed by atoms with Crippen LogP contribution in [0.1, 0.15) is 18.6 Å². The highest BCUT2D eigenvalue weighted by molar-refractivity contribution is 5.72. The highest BCUT2D eigenvalue weighted by atomic mass is 16.7. The van der Waals surface area contributed by atoms with Gasteiger partial charge in [0.25, 0.3) is 0 Å². The van der Waals surface area contributed by atoms with Crippen LogP contribution in [0.4, 0.5) is 0 Å². The van der Waals surface area contributed by atoms with Crippen LogP contribution in [0.15, 0.2) is 30.3 Å². The lowest BCUT2D eigenvalue weighted by molar-refractivity contribution is -0.161. The molecule has 0 aromatic heterocycles. The van der Waals surface area contributed by atoms with Gasteiger partial charge in [0, 0.05) is 0 Å². The van der Waals surface area contributed by atoms with E-state index in [9.17, 15) is 4.79 Å². The molecule has 1 aliphatic heterocycles. The summed E-state index contributed by atoms with van der Waals surface area (Å²) in [6, 6.07) is 9.83.